The molecule has 4 nitrogen and oxygen atoms in total. The van der Waals surface area contributed by atoms with E-state index in [0.29, 0.717) is 17.9 Å². The minimum atomic E-state index is -0.0304. The number of nitrogen functional groups attached to an aromatic ring is 1. The molecular weight excluding hydrogens is 228 g/mol. The van der Waals surface area contributed by atoms with Crippen LogP contribution in [0, 0.1) is 6.92 Å². The SMILES string of the molecule is Cc1cc(C(=O)NC2CCOC(C)C2)ccc1N. The summed E-state index contributed by atoms with van der Waals surface area (Å²) >= 11 is 0. The van der Waals surface area contributed by atoms with Crippen molar-refractivity contribution >= 4 is 11.6 Å². The lowest BCUT2D eigenvalue weighted by Gasteiger charge is -2.28. The van der Waals surface area contributed by atoms with Crippen molar-refractivity contribution in [1.82, 2.24) is 5.32 Å². The van der Waals surface area contributed by atoms with Gasteiger partial charge in [0.2, 0.25) is 0 Å². The van der Waals surface area contributed by atoms with Gasteiger partial charge in [-0.1, -0.05) is 0 Å². The first-order valence-electron chi connectivity index (χ1n) is 6.35. The van der Waals surface area contributed by atoms with Crippen LogP contribution in [0.4, 0.5) is 5.69 Å². The van der Waals surface area contributed by atoms with E-state index in [2.05, 4.69) is 5.32 Å². The molecule has 1 amide bonds. The van der Waals surface area contributed by atoms with Gasteiger partial charge in [-0.25, -0.2) is 0 Å². The number of anilines is 1. The smallest absolute Gasteiger partial charge is 0.251 e. The van der Waals surface area contributed by atoms with Gasteiger partial charge in [0.05, 0.1) is 6.10 Å². The summed E-state index contributed by atoms with van der Waals surface area (Å²) in [6.45, 7) is 4.65. The maximum absolute atomic E-state index is 12.1. The zero-order chi connectivity index (χ0) is 13.1. The molecule has 2 unspecified atom stereocenters. The molecule has 1 aliphatic heterocycles. The molecule has 0 aromatic heterocycles. The highest BCUT2D eigenvalue weighted by molar-refractivity contribution is 5.95. The Morgan fingerprint density at radius 3 is 2.94 bits per heavy atom. The predicted octanol–water partition coefficient (Wildman–Crippen LogP) is 1.87. The van der Waals surface area contributed by atoms with Crippen molar-refractivity contribution in [3.05, 3.63) is 29.3 Å². The van der Waals surface area contributed by atoms with Gasteiger partial charge in [-0.2, -0.15) is 0 Å². The van der Waals surface area contributed by atoms with Gasteiger partial charge >= 0.3 is 0 Å². The maximum Gasteiger partial charge on any atom is 0.251 e. The van der Waals surface area contributed by atoms with E-state index in [4.69, 9.17) is 10.5 Å². The Bertz CT molecular complexity index is 445. The lowest BCUT2D eigenvalue weighted by molar-refractivity contribution is 0.0136. The number of carbonyl (C=O) groups excluding carboxylic acids is 1. The van der Waals surface area contributed by atoms with E-state index in [-0.39, 0.29) is 18.1 Å². The van der Waals surface area contributed by atoms with Crippen molar-refractivity contribution in [3.8, 4) is 0 Å². The molecule has 1 aromatic rings. The highest BCUT2D eigenvalue weighted by atomic mass is 16.5. The second kappa shape index (κ2) is 5.40. The number of rotatable bonds is 2. The molecular formula is C14H20N2O2. The van der Waals surface area contributed by atoms with Crippen LogP contribution < -0.4 is 11.1 Å². The number of nitrogens with two attached hydrogens (primary N) is 1. The van der Waals surface area contributed by atoms with Crippen LogP contribution in [0.1, 0.15) is 35.7 Å². The van der Waals surface area contributed by atoms with Crippen LogP contribution in [0.5, 0.6) is 0 Å². The van der Waals surface area contributed by atoms with Gasteiger partial charge < -0.3 is 15.8 Å². The van der Waals surface area contributed by atoms with Crippen molar-refractivity contribution in [1.29, 1.82) is 0 Å². The first-order valence-corrected chi connectivity index (χ1v) is 6.35. The fourth-order valence-corrected chi connectivity index (χ4v) is 2.21. The number of nitrogens with one attached hydrogen (secondary N) is 1. The standard InChI is InChI=1S/C14H20N2O2/c1-9-7-11(3-4-13(9)15)14(17)16-12-5-6-18-10(2)8-12/h3-4,7,10,12H,5-6,8,15H2,1-2H3,(H,16,17). The summed E-state index contributed by atoms with van der Waals surface area (Å²) in [4.78, 5) is 12.1. The molecule has 1 heterocycles. The predicted molar refractivity (Wildman–Crippen MR) is 71.5 cm³/mol. The largest absolute Gasteiger partial charge is 0.399 e. The number of amides is 1. The van der Waals surface area contributed by atoms with Gasteiger partial charge in [0.15, 0.2) is 0 Å². The molecule has 0 radical (unpaired) electrons. The molecule has 1 aromatic carbocycles. The Balaban J connectivity index is 2.00. The number of aryl methyl sites for hydroxylation is 1. The summed E-state index contributed by atoms with van der Waals surface area (Å²) in [7, 11) is 0. The molecule has 98 valence electrons. The zero-order valence-corrected chi connectivity index (χ0v) is 10.9. The molecule has 0 saturated carbocycles. The highest BCUT2D eigenvalue weighted by Gasteiger charge is 2.21. The molecule has 2 atom stereocenters. The second-order valence-corrected chi connectivity index (χ2v) is 4.95. The third-order valence-corrected chi connectivity index (χ3v) is 3.35. The molecule has 1 saturated heterocycles. The Morgan fingerprint density at radius 2 is 2.28 bits per heavy atom. The topological polar surface area (TPSA) is 64.3 Å². The quantitative estimate of drug-likeness (QED) is 0.785. The van der Waals surface area contributed by atoms with E-state index in [1.165, 1.54) is 0 Å². The molecule has 1 aliphatic rings. The van der Waals surface area contributed by atoms with E-state index in [9.17, 15) is 4.79 Å². The van der Waals surface area contributed by atoms with Crippen LogP contribution >= 0.6 is 0 Å². The van der Waals surface area contributed by atoms with Gasteiger partial charge in [-0.05, 0) is 50.5 Å². The van der Waals surface area contributed by atoms with E-state index in [0.717, 1.165) is 18.4 Å². The summed E-state index contributed by atoms with van der Waals surface area (Å²) in [5.41, 5.74) is 8.06. The minimum Gasteiger partial charge on any atom is -0.399 e. The Labute approximate surface area is 108 Å². The van der Waals surface area contributed by atoms with Gasteiger partial charge in [0.1, 0.15) is 0 Å². The fourth-order valence-electron chi connectivity index (χ4n) is 2.21. The molecule has 1 fully saturated rings. The maximum atomic E-state index is 12.1. The average Bonchev–Trinajstić information content (AvgIpc) is 2.32. The van der Waals surface area contributed by atoms with Gasteiger partial charge in [0.25, 0.3) is 5.91 Å². The van der Waals surface area contributed by atoms with Crippen LogP contribution in [0.2, 0.25) is 0 Å². The lowest BCUT2D eigenvalue weighted by atomic mass is 10.0. The molecule has 18 heavy (non-hydrogen) atoms. The van der Waals surface area contributed by atoms with Crippen molar-refractivity contribution in [2.45, 2.75) is 38.8 Å². The Morgan fingerprint density at radius 1 is 1.50 bits per heavy atom. The van der Waals surface area contributed by atoms with Crippen molar-refractivity contribution in [3.63, 3.8) is 0 Å². The van der Waals surface area contributed by atoms with Gasteiger partial charge in [-0.3, -0.25) is 4.79 Å². The van der Waals surface area contributed by atoms with Gasteiger partial charge in [-0.15, -0.1) is 0 Å². The van der Waals surface area contributed by atoms with E-state index in [1.54, 1.807) is 12.1 Å². The van der Waals surface area contributed by atoms with Crippen molar-refractivity contribution in [2.75, 3.05) is 12.3 Å². The third kappa shape index (κ3) is 3.01. The molecule has 2 rings (SSSR count). The number of ether oxygens (including phenoxy) is 1. The summed E-state index contributed by atoms with van der Waals surface area (Å²) in [5.74, 6) is -0.0304. The number of hydrogen-bond acceptors (Lipinski definition) is 3. The number of carbonyl (C=O) groups is 1. The average molecular weight is 248 g/mol. The number of benzene rings is 1. The van der Waals surface area contributed by atoms with E-state index < -0.39 is 0 Å². The van der Waals surface area contributed by atoms with Crippen molar-refractivity contribution in [2.24, 2.45) is 0 Å². The first-order chi connectivity index (χ1) is 8.56. The Hall–Kier alpha value is -1.55. The highest BCUT2D eigenvalue weighted by Crippen LogP contribution is 2.16. The molecule has 0 bridgehead atoms. The summed E-state index contributed by atoms with van der Waals surface area (Å²) in [6, 6.07) is 5.57. The molecule has 4 heteroatoms. The lowest BCUT2D eigenvalue weighted by Crippen LogP contribution is -2.41. The zero-order valence-electron chi connectivity index (χ0n) is 10.9. The molecule has 0 aliphatic carbocycles. The summed E-state index contributed by atoms with van der Waals surface area (Å²) in [5, 5.41) is 3.05. The molecule has 0 spiro atoms. The van der Waals surface area contributed by atoms with Gasteiger partial charge in [0, 0.05) is 23.9 Å². The third-order valence-electron chi connectivity index (χ3n) is 3.35. The van der Waals surface area contributed by atoms with Crippen LogP contribution in [0.15, 0.2) is 18.2 Å². The van der Waals surface area contributed by atoms with Crippen LogP contribution in [-0.4, -0.2) is 24.7 Å². The van der Waals surface area contributed by atoms with E-state index in [1.807, 2.05) is 19.9 Å². The minimum absolute atomic E-state index is 0.0304. The van der Waals surface area contributed by atoms with Crippen LogP contribution in [0.25, 0.3) is 0 Å². The fraction of sp³-hybridized carbons (Fsp3) is 0.500. The summed E-state index contributed by atoms with van der Waals surface area (Å²) < 4.78 is 5.46. The Kier molecular flexibility index (Phi) is 3.87. The second-order valence-electron chi connectivity index (χ2n) is 4.95. The van der Waals surface area contributed by atoms with E-state index >= 15 is 0 Å². The van der Waals surface area contributed by atoms with Crippen LogP contribution in [0.3, 0.4) is 0 Å². The molecule has 3 N–H and O–H groups in total. The van der Waals surface area contributed by atoms with Crippen molar-refractivity contribution < 1.29 is 9.53 Å². The first kappa shape index (κ1) is 12.9. The number of hydrogen-bond donors (Lipinski definition) is 2. The van der Waals surface area contributed by atoms with Crippen LogP contribution in [-0.2, 0) is 4.74 Å². The monoisotopic (exact) mass is 248 g/mol. The summed E-state index contributed by atoms with van der Waals surface area (Å²) in [6.07, 6.45) is 1.97. The normalized spacial score (nSPS) is 23.7.